The summed E-state index contributed by atoms with van der Waals surface area (Å²) in [5, 5.41) is 4.37. The molecule has 0 unspecified atom stereocenters. The van der Waals surface area contributed by atoms with E-state index in [-0.39, 0.29) is 0 Å². The Labute approximate surface area is 320 Å². The van der Waals surface area contributed by atoms with Crippen molar-refractivity contribution in [1.29, 1.82) is 0 Å². The van der Waals surface area contributed by atoms with Crippen molar-refractivity contribution in [2.24, 2.45) is 0 Å². The van der Waals surface area contributed by atoms with Crippen molar-refractivity contribution in [2.75, 3.05) is 0 Å². The Morgan fingerprint density at radius 1 is 0.582 bits per heavy atom. The molecule has 0 amide bonds. The van der Waals surface area contributed by atoms with Gasteiger partial charge in [0.25, 0.3) is 0 Å². The number of H-pyrrole nitrogens is 1. The summed E-state index contributed by atoms with van der Waals surface area (Å²) in [5.41, 5.74) is 12.4. The molecule has 11 rings (SSSR count). The normalized spacial score (nSPS) is 12.6. The number of fused-ring (bicyclic) bond motifs is 7. The number of para-hydroxylation sites is 4. The number of aromatic nitrogens is 5. The summed E-state index contributed by atoms with van der Waals surface area (Å²) in [6.07, 6.45) is 0.141. The predicted molar refractivity (Wildman–Crippen MR) is 227 cm³/mol. The summed E-state index contributed by atoms with van der Waals surface area (Å²) in [4.78, 5) is 14.1. The Balaban J connectivity index is 1.16. The minimum absolute atomic E-state index is 0.622. The maximum atomic E-state index is 9.24. The van der Waals surface area contributed by atoms with Crippen molar-refractivity contribution >= 4 is 54.6 Å². The Hall–Kier alpha value is -7.24. The van der Waals surface area contributed by atoms with Crippen LogP contribution >= 0.6 is 0 Å². The zero-order valence-electron chi connectivity index (χ0n) is 32.0. The number of nitrogens with one attached hydrogen (secondary N) is 1. The van der Waals surface area contributed by atoms with Crippen LogP contribution in [0, 0.1) is 6.92 Å². The Bertz CT molecular complexity index is 3330. The van der Waals surface area contributed by atoms with Crippen molar-refractivity contribution < 1.29 is 2.74 Å². The van der Waals surface area contributed by atoms with Gasteiger partial charge in [-0.05, 0) is 90.1 Å². The van der Waals surface area contributed by atoms with Gasteiger partial charge in [0.15, 0.2) is 0 Å². The average Bonchev–Trinajstić information content (AvgIpc) is 3.94. The van der Waals surface area contributed by atoms with Gasteiger partial charge in [-0.2, -0.15) is 0 Å². The van der Waals surface area contributed by atoms with Gasteiger partial charge in [0.1, 0.15) is 11.6 Å². The van der Waals surface area contributed by atoms with Gasteiger partial charge in [0.05, 0.1) is 27.6 Å². The van der Waals surface area contributed by atoms with Crippen LogP contribution in [0.2, 0.25) is 0 Å². The number of hydrogen-bond donors (Lipinski definition) is 1. The molecule has 0 atom stereocenters. The van der Waals surface area contributed by atoms with E-state index < -0.39 is 6.37 Å². The van der Waals surface area contributed by atoms with Gasteiger partial charge in [-0.3, -0.25) is 9.13 Å². The van der Waals surface area contributed by atoms with E-state index in [2.05, 4.69) is 124 Å². The molecule has 4 heterocycles. The van der Waals surface area contributed by atoms with Crippen LogP contribution in [0.15, 0.2) is 176 Å². The molecule has 5 nitrogen and oxygen atoms in total. The highest BCUT2D eigenvalue weighted by Crippen LogP contribution is 2.41. The van der Waals surface area contributed by atoms with Crippen molar-refractivity contribution in [1.82, 2.24) is 24.1 Å². The number of pyridine rings is 1. The third-order valence-corrected chi connectivity index (χ3v) is 10.8. The lowest BCUT2D eigenvalue weighted by Crippen LogP contribution is -1.98. The first-order valence-electron chi connectivity index (χ1n) is 19.6. The number of benzene rings is 7. The molecule has 0 fully saturated rings. The van der Waals surface area contributed by atoms with Gasteiger partial charge in [-0.25, -0.2) is 9.97 Å². The van der Waals surface area contributed by atoms with E-state index in [1.807, 2.05) is 72.9 Å². The predicted octanol–water partition coefficient (Wildman–Crippen LogP) is 12.4. The van der Waals surface area contributed by atoms with Crippen molar-refractivity contribution in [3.8, 4) is 34.0 Å². The zero-order chi connectivity index (χ0) is 38.3. The molecule has 0 aliphatic heterocycles. The number of aryl methyl sites for hydroxylation is 1. The number of aromatic amines is 1. The van der Waals surface area contributed by atoms with Crippen LogP contribution in [0.1, 0.15) is 19.4 Å². The first-order chi connectivity index (χ1) is 28.0. The van der Waals surface area contributed by atoms with Gasteiger partial charge in [0.2, 0.25) is 0 Å². The third kappa shape index (κ3) is 5.01. The van der Waals surface area contributed by atoms with E-state index >= 15 is 0 Å². The van der Waals surface area contributed by atoms with E-state index in [0.29, 0.717) is 11.1 Å². The zero-order valence-corrected chi connectivity index (χ0v) is 30.0. The third-order valence-electron chi connectivity index (χ3n) is 10.8. The second kappa shape index (κ2) is 12.4. The molecule has 5 heteroatoms. The summed E-state index contributed by atoms with van der Waals surface area (Å²) >= 11 is 0. The summed E-state index contributed by atoms with van der Waals surface area (Å²) in [7, 11) is 0. The fraction of sp³-hybridized carbons (Fsp3) is 0.0400. The lowest BCUT2D eigenvalue weighted by Gasteiger charge is -2.11. The van der Waals surface area contributed by atoms with Crippen molar-refractivity contribution in [2.45, 2.75) is 13.3 Å². The van der Waals surface area contributed by atoms with Gasteiger partial charge in [-0.15, -0.1) is 0 Å². The molecule has 11 aromatic rings. The molecule has 0 bridgehead atoms. The first kappa shape index (κ1) is 29.2. The minimum atomic E-state index is -1.68. The summed E-state index contributed by atoms with van der Waals surface area (Å²) in [6.45, 7) is 2.07. The first-order valence-corrected chi connectivity index (χ1v) is 18.6. The van der Waals surface area contributed by atoms with E-state index in [1.54, 1.807) is 0 Å². The standard InChI is InChI=1S/C50H35N5/c1-32-28-34(29-33-14-4-2-5-15-33)30-42-39-26-25-35(31-45(39)55(49(32)42)46-24-10-11-27-51-46)37-19-13-23-44-48(37)53-50(54(44)36-16-6-3-7-17-36)41-21-12-20-40-38-18-8-9-22-43(38)52-47(40)41/h2-28,30-31,52H,29H2,1H3/i29D2. The monoisotopic (exact) mass is 707 g/mol. The lowest BCUT2D eigenvalue weighted by molar-refractivity contribution is 1.07. The molecule has 0 radical (unpaired) electrons. The largest absolute Gasteiger partial charge is 0.354 e. The smallest absolute Gasteiger partial charge is 0.147 e. The number of nitrogens with zero attached hydrogens (tertiary/aromatic N) is 4. The van der Waals surface area contributed by atoms with Gasteiger partial charge < -0.3 is 4.98 Å². The molecular formula is C50H35N5. The molecule has 0 spiro atoms. The molecule has 0 aliphatic carbocycles. The van der Waals surface area contributed by atoms with E-state index in [4.69, 9.17) is 9.97 Å². The number of hydrogen-bond acceptors (Lipinski definition) is 2. The molecular weight excluding hydrogens is 671 g/mol. The van der Waals surface area contributed by atoms with Crippen LogP contribution in [0.4, 0.5) is 0 Å². The molecule has 4 aromatic heterocycles. The van der Waals surface area contributed by atoms with Crippen LogP contribution in [-0.4, -0.2) is 24.1 Å². The Kier molecular flexibility index (Phi) is 6.61. The minimum Gasteiger partial charge on any atom is -0.354 e. The molecule has 1 N–H and O–H groups in total. The van der Waals surface area contributed by atoms with E-state index in [1.165, 1.54) is 5.39 Å². The molecule has 7 aromatic carbocycles. The van der Waals surface area contributed by atoms with Gasteiger partial charge >= 0.3 is 0 Å². The fourth-order valence-corrected chi connectivity index (χ4v) is 8.41. The van der Waals surface area contributed by atoms with Gasteiger partial charge in [0, 0.05) is 52.8 Å². The molecule has 0 saturated carbocycles. The molecule has 0 aliphatic rings. The summed E-state index contributed by atoms with van der Waals surface area (Å²) < 4.78 is 23.0. The van der Waals surface area contributed by atoms with Crippen LogP contribution in [0.25, 0.3) is 88.7 Å². The number of imidazole rings is 1. The maximum Gasteiger partial charge on any atom is 0.147 e. The number of rotatable bonds is 6. The highest BCUT2D eigenvalue weighted by Gasteiger charge is 2.22. The molecule has 260 valence electrons. The quantitative estimate of drug-likeness (QED) is 0.187. The topological polar surface area (TPSA) is 51.4 Å². The highest BCUT2D eigenvalue weighted by molar-refractivity contribution is 6.13. The second-order valence-corrected chi connectivity index (χ2v) is 14.1. The summed E-state index contributed by atoms with van der Waals surface area (Å²) in [5.74, 6) is 1.66. The van der Waals surface area contributed by atoms with E-state index in [9.17, 15) is 2.74 Å². The Morgan fingerprint density at radius 3 is 2.20 bits per heavy atom. The fourth-order valence-electron chi connectivity index (χ4n) is 8.41. The Morgan fingerprint density at radius 2 is 1.35 bits per heavy atom. The SMILES string of the molecule is [2H]C([2H])(c1ccccc1)c1cc(C)c2c(c1)c1ccc(-c3cccc4c3nc(-c3cccc5c3[nH]c3ccccc35)n4-c3ccccc3)cc1n2-c1ccccn1. The van der Waals surface area contributed by atoms with Crippen LogP contribution in [-0.2, 0) is 6.37 Å². The van der Waals surface area contributed by atoms with Crippen molar-refractivity contribution in [3.05, 3.63) is 193 Å². The lowest BCUT2D eigenvalue weighted by atomic mass is 9.98. The summed E-state index contributed by atoms with van der Waals surface area (Å²) in [6, 6.07) is 57.8. The van der Waals surface area contributed by atoms with Gasteiger partial charge in [-0.1, -0.05) is 115 Å². The van der Waals surface area contributed by atoms with E-state index in [0.717, 1.165) is 88.8 Å². The van der Waals surface area contributed by atoms with Crippen LogP contribution in [0.5, 0.6) is 0 Å². The average molecular weight is 708 g/mol. The highest BCUT2D eigenvalue weighted by atomic mass is 15.1. The maximum absolute atomic E-state index is 9.24. The van der Waals surface area contributed by atoms with Crippen molar-refractivity contribution in [3.63, 3.8) is 0 Å². The molecule has 0 saturated heterocycles. The second-order valence-electron chi connectivity index (χ2n) is 14.1. The van der Waals surface area contributed by atoms with Crippen LogP contribution in [0.3, 0.4) is 0 Å². The van der Waals surface area contributed by atoms with Crippen LogP contribution < -0.4 is 0 Å². The molecule has 55 heavy (non-hydrogen) atoms.